The number of rotatable bonds is 4. The Morgan fingerprint density at radius 3 is 2.53 bits per heavy atom. The van der Waals surface area contributed by atoms with Gasteiger partial charge in [-0.15, -0.1) is 0 Å². The summed E-state index contributed by atoms with van der Waals surface area (Å²) in [6.07, 6.45) is 1.13. The van der Waals surface area contributed by atoms with Gasteiger partial charge in [0.25, 0.3) is 5.91 Å². The van der Waals surface area contributed by atoms with Crippen LogP contribution < -0.4 is 5.32 Å². The minimum atomic E-state index is -3.28. The van der Waals surface area contributed by atoms with Crippen LogP contribution in [0.4, 0.5) is 0 Å². The third kappa shape index (κ3) is 4.07. The molecule has 7 heteroatoms. The van der Waals surface area contributed by atoms with E-state index in [4.69, 9.17) is 0 Å². The molecule has 0 saturated carbocycles. The Hall–Kier alpha value is -0.830. The Morgan fingerprint density at radius 2 is 2.00 bits per heavy atom. The van der Waals surface area contributed by atoms with Gasteiger partial charge in [-0.3, -0.25) is 4.79 Å². The van der Waals surface area contributed by atoms with E-state index in [9.17, 15) is 18.3 Å². The van der Waals surface area contributed by atoms with E-state index in [1.54, 1.807) is 12.1 Å². The summed E-state index contributed by atoms with van der Waals surface area (Å²) in [5, 5.41) is 12.1. The van der Waals surface area contributed by atoms with Gasteiger partial charge in [-0.05, 0) is 54.6 Å². The van der Waals surface area contributed by atoms with E-state index in [1.807, 2.05) is 22.6 Å². The van der Waals surface area contributed by atoms with Crippen LogP contribution in [0.3, 0.4) is 0 Å². The van der Waals surface area contributed by atoms with Gasteiger partial charge in [-0.25, -0.2) is 8.42 Å². The summed E-state index contributed by atoms with van der Waals surface area (Å²) in [6.45, 7) is 3.06. The van der Waals surface area contributed by atoms with E-state index in [1.165, 1.54) is 19.9 Å². The maximum absolute atomic E-state index is 11.9. The molecule has 1 rings (SSSR count). The van der Waals surface area contributed by atoms with Crippen LogP contribution in [0.5, 0.6) is 5.75 Å². The fourth-order valence-corrected chi connectivity index (χ4v) is 2.04. The fourth-order valence-electron chi connectivity index (χ4n) is 1.21. The highest BCUT2D eigenvalue weighted by molar-refractivity contribution is 14.1. The Labute approximate surface area is 126 Å². The number of halogens is 1. The van der Waals surface area contributed by atoms with Crippen molar-refractivity contribution in [2.24, 2.45) is 0 Å². The van der Waals surface area contributed by atoms with Crippen molar-refractivity contribution in [1.29, 1.82) is 0 Å². The van der Waals surface area contributed by atoms with Crippen LogP contribution in [-0.2, 0) is 9.84 Å². The highest BCUT2D eigenvalue weighted by Crippen LogP contribution is 2.20. The lowest BCUT2D eigenvalue weighted by Crippen LogP contribution is -2.43. The molecule has 2 N–H and O–H groups in total. The Bertz CT molecular complexity index is 596. The van der Waals surface area contributed by atoms with Crippen LogP contribution in [0.15, 0.2) is 18.2 Å². The predicted molar refractivity (Wildman–Crippen MR) is 82.1 cm³/mol. The average Bonchev–Trinajstić information content (AvgIpc) is 2.28. The molecule has 0 aromatic heterocycles. The van der Waals surface area contributed by atoms with Gasteiger partial charge >= 0.3 is 0 Å². The number of aromatic hydroxyl groups is 1. The highest BCUT2D eigenvalue weighted by atomic mass is 127. The topological polar surface area (TPSA) is 83.5 Å². The molecule has 0 spiro atoms. The number of phenolic OH excluding ortho intramolecular Hbond substituents is 1. The van der Waals surface area contributed by atoms with Crippen molar-refractivity contribution < 1.29 is 18.3 Å². The Kier molecular flexibility index (Phi) is 4.83. The van der Waals surface area contributed by atoms with Crippen molar-refractivity contribution in [3.05, 3.63) is 27.3 Å². The minimum absolute atomic E-state index is 0.0183. The molecule has 0 radical (unpaired) electrons. The molecule has 1 amide bonds. The molecule has 0 aliphatic rings. The summed E-state index contributed by atoms with van der Waals surface area (Å²) in [7, 11) is -3.28. The van der Waals surface area contributed by atoms with Gasteiger partial charge in [0, 0.05) is 16.4 Å². The summed E-state index contributed by atoms with van der Waals surface area (Å²) >= 11 is 2.03. The maximum atomic E-state index is 11.9. The van der Waals surface area contributed by atoms with Crippen LogP contribution >= 0.6 is 22.6 Å². The number of hydrogen-bond acceptors (Lipinski definition) is 4. The first-order chi connectivity index (χ1) is 8.54. The SMILES string of the molecule is CC(C)(CNC(=O)c1cc(I)ccc1O)S(C)(=O)=O. The molecule has 1 aromatic carbocycles. The first-order valence-corrected chi connectivity index (χ1v) is 8.48. The van der Waals surface area contributed by atoms with Crippen LogP contribution in [0.1, 0.15) is 24.2 Å². The number of sulfone groups is 1. The first kappa shape index (κ1) is 16.2. The van der Waals surface area contributed by atoms with Crippen molar-refractivity contribution in [3.63, 3.8) is 0 Å². The molecule has 0 atom stereocenters. The Balaban J connectivity index is 2.85. The minimum Gasteiger partial charge on any atom is -0.507 e. The summed E-state index contributed by atoms with van der Waals surface area (Å²) in [6, 6.07) is 4.64. The second kappa shape index (κ2) is 5.66. The van der Waals surface area contributed by atoms with Gasteiger partial charge in [0.05, 0.1) is 10.3 Å². The van der Waals surface area contributed by atoms with Crippen molar-refractivity contribution in [2.75, 3.05) is 12.8 Å². The normalized spacial score (nSPS) is 12.2. The zero-order chi connectivity index (χ0) is 14.8. The molecule has 0 heterocycles. The molecular formula is C12H16INO4S. The van der Waals surface area contributed by atoms with E-state index in [2.05, 4.69) is 5.32 Å². The Morgan fingerprint density at radius 1 is 1.42 bits per heavy atom. The van der Waals surface area contributed by atoms with Crippen molar-refractivity contribution in [1.82, 2.24) is 5.32 Å². The number of hydrogen-bond donors (Lipinski definition) is 2. The lowest BCUT2D eigenvalue weighted by Gasteiger charge is -2.22. The number of carbonyl (C=O) groups is 1. The van der Waals surface area contributed by atoms with Crippen LogP contribution in [0.2, 0.25) is 0 Å². The van der Waals surface area contributed by atoms with Gasteiger partial charge < -0.3 is 10.4 Å². The molecule has 106 valence electrons. The molecular weight excluding hydrogens is 381 g/mol. The average molecular weight is 397 g/mol. The summed E-state index contributed by atoms with van der Waals surface area (Å²) in [5.74, 6) is -0.622. The van der Waals surface area contributed by atoms with Gasteiger partial charge in [-0.1, -0.05) is 0 Å². The third-order valence-electron chi connectivity index (χ3n) is 2.88. The smallest absolute Gasteiger partial charge is 0.255 e. The maximum Gasteiger partial charge on any atom is 0.255 e. The van der Waals surface area contributed by atoms with Gasteiger partial charge in [0.1, 0.15) is 5.75 Å². The van der Waals surface area contributed by atoms with E-state index in [0.717, 1.165) is 9.83 Å². The van der Waals surface area contributed by atoms with Crippen molar-refractivity contribution >= 4 is 38.3 Å². The van der Waals surface area contributed by atoms with Gasteiger partial charge in [-0.2, -0.15) is 0 Å². The molecule has 0 saturated heterocycles. The molecule has 19 heavy (non-hydrogen) atoms. The van der Waals surface area contributed by atoms with E-state index >= 15 is 0 Å². The largest absolute Gasteiger partial charge is 0.507 e. The number of carbonyl (C=O) groups excluding carboxylic acids is 1. The van der Waals surface area contributed by atoms with Crippen LogP contribution in [0, 0.1) is 3.57 Å². The molecule has 5 nitrogen and oxygen atoms in total. The summed E-state index contributed by atoms with van der Waals surface area (Å²) < 4.78 is 22.8. The summed E-state index contributed by atoms with van der Waals surface area (Å²) in [5.41, 5.74) is 0.135. The fraction of sp³-hybridized carbons (Fsp3) is 0.417. The summed E-state index contributed by atoms with van der Waals surface area (Å²) in [4.78, 5) is 11.9. The highest BCUT2D eigenvalue weighted by Gasteiger charge is 2.30. The number of nitrogens with one attached hydrogen (secondary N) is 1. The number of amides is 1. The lowest BCUT2D eigenvalue weighted by atomic mass is 10.1. The van der Waals surface area contributed by atoms with Gasteiger partial charge in [0.2, 0.25) is 0 Å². The zero-order valence-corrected chi connectivity index (χ0v) is 13.9. The quantitative estimate of drug-likeness (QED) is 0.756. The molecule has 0 bridgehead atoms. The van der Waals surface area contributed by atoms with Crippen LogP contribution in [-0.4, -0.2) is 37.0 Å². The molecule has 0 unspecified atom stereocenters. The van der Waals surface area contributed by atoms with E-state index < -0.39 is 20.5 Å². The number of phenols is 1. The molecule has 0 aliphatic heterocycles. The molecule has 0 aliphatic carbocycles. The lowest BCUT2D eigenvalue weighted by molar-refractivity contribution is 0.0948. The molecule has 0 fully saturated rings. The zero-order valence-electron chi connectivity index (χ0n) is 10.9. The monoisotopic (exact) mass is 397 g/mol. The first-order valence-electron chi connectivity index (χ1n) is 5.51. The van der Waals surface area contributed by atoms with Gasteiger partial charge in [0.15, 0.2) is 9.84 Å². The second-order valence-electron chi connectivity index (χ2n) is 4.88. The number of benzene rings is 1. The second-order valence-corrected chi connectivity index (χ2v) is 8.77. The molecule has 1 aromatic rings. The van der Waals surface area contributed by atoms with Crippen LogP contribution in [0.25, 0.3) is 0 Å². The van der Waals surface area contributed by atoms with Crippen molar-refractivity contribution in [2.45, 2.75) is 18.6 Å². The van der Waals surface area contributed by atoms with E-state index in [0.29, 0.717) is 0 Å². The van der Waals surface area contributed by atoms with E-state index in [-0.39, 0.29) is 17.9 Å². The predicted octanol–water partition coefficient (Wildman–Crippen LogP) is 1.55. The standard InChI is InChI=1S/C12H16INO4S/c1-12(2,19(3,17)18)7-14-11(16)9-6-8(13)4-5-10(9)15/h4-6,15H,7H2,1-3H3,(H,14,16). The third-order valence-corrected chi connectivity index (χ3v) is 5.70. The van der Waals surface area contributed by atoms with Crippen molar-refractivity contribution in [3.8, 4) is 5.75 Å².